The fourth-order valence-corrected chi connectivity index (χ4v) is 2.76. The van der Waals surface area contributed by atoms with Crippen molar-refractivity contribution in [3.63, 3.8) is 0 Å². The van der Waals surface area contributed by atoms with Gasteiger partial charge in [-0.2, -0.15) is 12.6 Å². The lowest BCUT2D eigenvalue weighted by atomic mass is 9.86. The number of nitrogens with two attached hydrogens (primary N) is 1. The van der Waals surface area contributed by atoms with Gasteiger partial charge >= 0.3 is 11.9 Å². The summed E-state index contributed by atoms with van der Waals surface area (Å²) in [4.78, 5) is 47.0. The van der Waals surface area contributed by atoms with Crippen molar-refractivity contribution in [3.05, 3.63) is 23.8 Å². The van der Waals surface area contributed by atoms with Crippen molar-refractivity contribution in [2.75, 3.05) is 12.3 Å². The highest BCUT2D eigenvalue weighted by Gasteiger charge is 2.23. The van der Waals surface area contributed by atoms with Crippen molar-refractivity contribution >= 4 is 36.4 Å². The molecule has 0 heterocycles. The number of thiol groups is 1. The Kier molecular flexibility index (Phi) is 9.79. The van der Waals surface area contributed by atoms with Crippen molar-refractivity contribution in [1.82, 2.24) is 10.6 Å². The number of hydrogen-bond donors (Lipinski definition) is 6. The zero-order valence-electron chi connectivity index (χ0n) is 17.7. The number of aliphatic carboxylic acids is 1. The third-order valence-electron chi connectivity index (χ3n) is 4.24. The molecule has 1 rings (SSSR count). The number of nitrogens with one attached hydrogen (secondary N) is 2. The number of benzene rings is 1. The summed E-state index contributed by atoms with van der Waals surface area (Å²) in [7, 11) is 0. The van der Waals surface area contributed by atoms with Crippen LogP contribution in [0.4, 0.5) is 0 Å². The summed E-state index contributed by atoms with van der Waals surface area (Å²) in [6.07, 6.45) is -0.263. The second-order valence-corrected chi connectivity index (χ2v) is 8.27. The van der Waals surface area contributed by atoms with E-state index in [1.54, 1.807) is 0 Å². The van der Waals surface area contributed by atoms with Gasteiger partial charge in [-0.1, -0.05) is 20.8 Å². The second-order valence-electron chi connectivity index (χ2n) is 7.91. The number of ether oxygens (including phenoxy) is 1. The van der Waals surface area contributed by atoms with Gasteiger partial charge in [-0.15, -0.1) is 0 Å². The molecule has 0 aromatic heterocycles. The lowest BCUT2D eigenvalue weighted by molar-refractivity contribution is -0.139. The maximum atomic E-state index is 12.2. The van der Waals surface area contributed by atoms with E-state index in [4.69, 9.17) is 15.6 Å². The Morgan fingerprint density at radius 1 is 1.23 bits per heavy atom. The lowest BCUT2D eigenvalue weighted by Crippen LogP contribution is -2.49. The van der Waals surface area contributed by atoms with E-state index in [2.05, 4.69) is 23.3 Å². The summed E-state index contributed by atoms with van der Waals surface area (Å²) in [5.74, 6) is -2.91. The quantitative estimate of drug-likeness (QED) is 0.166. The lowest BCUT2D eigenvalue weighted by Gasteiger charge is -2.22. The summed E-state index contributed by atoms with van der Waals surface area (Å²) in [5, 5.41) is 23.2. The van der Waals surface area contributed by atoms with Crippen molar-refractivity contribution < 1.29 is 34.1 Å². The number of aromatic hydroxyl groups is 1. The van der Waals surface area contributed by atoms with E-state index in [9.17, 15) is 24.3 Å². The zero-order chi connectivity index (χ0) is 23.8. The Bertz CT molecular complexity index is 823. The topological polar surface area (TPSA) is 168 Å². The number of amides is 2. The van der Waals surface area contributed by atoms with Gasteiger partial charge in [0.2, 0.25) is 11.8 Å². The molecule has 0 saturated heterocycles. The molecule has 1 aromatic rings. The smallest absolute Gasteiger partial charge is 0.330 e. The van der Waals surface area contributed by atoms with Crippen LogP contribution >= 0.6 is 12.6 Å². The zero-order valence-corrected chi connectivity index (χ0v) is 18.6. The summed E-state index contributed by atoms with van der Waals surface area (Å²) in [6.45, 7) is 5.23. The van der Waals surface area contributed by atoms with E-state index >= 15 is 0 Å². The number of carbonyl (C=O) groups excluding carboxylic acids is 3. The molecule has 2 unspecified atom stereocenters. The van der Waals surface area contributed by atoms with Crippen LogP contribution in [-0.2, 0) is 24.6 Å². The molecule has 0 aliphatic rings. The average molecular weight is 456 g/mol. The van der Waals surface area contributed by atoms with E-state index in [1.807, 2.05) is 20.8 Å². The molecule has 0 saturated carbocycles. The molecule has 31 heavy (non-hydrogen) atoms. The molecule has 11 heteroatoms. The maximum Gasteiger partial charge on any atom is 0.330 e. The first-order chi connectivity index (χ1) is 14.3. The number of phenols is 1. The predicted octanol–water partition coefficient (Wildman–Crippen LogP) is 0.318. The van der Waals surface area contributed by atoms with E-state index < -0.39 is 47.8 Å². The van der Waals surface area contributed by atoms with Crippen LogP contribution in [0.25, 0.3) is 0 Å². The summed E-state index contributed by atoms with van der Waals surface area (Å²) >= 11 is 4.02. The Morgan fingerprint density at radius 3 is 2.42 bits per heavy atom. The van der Waals surface area contributed by atoms with Crippen LogP contribution in [0.5, 0.6) is 11.5 Å². The molecule has 0 fully saturated rings. The average Bonchev–Trinajstić information content (AvgIpc) is 2.68. The van der Waals surface area contributed by atoms with Gasteiger partial charge in [-0.3, -0.25) is 14.4 Å². The minimum atomic E-state index is -1.22. The third-order valence-corrected chi connectivity index (χ3v) is 4.60. The van der Waals surface area contributed by atoms with E-state index in [1.165, 1.54) is 18.2 Å². The van der Waals surface area contributed by atoms with Crippen LogP contribution in [-0.4, -0.2) is 58.3 Å². The van der Waals surface area contributed by atoms with E-state index in [0.717, 1.165) is 0 Å². The molecule has 0 aliphatic heterocycles. The van der Waals surface area contributed by atoms with Crippen LogP contribution in [0.15, 0.2) is 18.2 Å². The first-order valence-electron chi connectivity index (χ1n) is 9.55. The predicted molar refractivity (Wildman–Crippen MR) is 116 cm³/mol. The first-order valence-corrected chi connectivity index (χ1v) is 10.2. The van der Waals surface area contributed by atoms with Crippen molar-refractivity contribution in [2.45, 2.75) is 51.1 Å². The fourth-order valence-electron chi connectivity index (χ4n) is 2.50. The standard InChI is InChI=1S/C20H29N3O7S/c1-20(2,3)12-8-11(24)4-6-15(12)30-17(26)9-22-18(27)14(10-31)23-16(25)7-5-13(21)19(28)29/h4,6,8,13-14,24,31H,5,7,9-10,21H2,1-3H3,(H,22,27)(H,23,25)(H,28,29). The van der Waals surface area contributed by atoms with Crippen molar-refractivity contribution in [3.8, 4) is 11.5 Å². The monoisotopic (exact) mass is 455 g/mol. The van der Waals surface area contributed by atoms with Crippen LogP contribution in [0, 0.1) is 0 Å². The maximum absolute atomic E-state index is 12.2. The molecule has 2 amide bonds. The number of carbonyl (C=O) groups is 4. The molecule has 6 N–H and O–H groups in total. The van der Waals surface area contributed by atoms with Gasteiger partial charge in [0.15, 0.2) is 0 Å². The van der Waals surface area contributed by atoms with Gasteiger partial charge in [-0.05, 0) is 30.0 Å². The third kappa shape index (κ3) is 8.85. The summed E-state index contributed by atoms with van der Waals surface area (Å²) in [6, 6.07) is 2.15. The number of rotatable bonds is 10. The highest BCUT2D eigenvalue weighted by molar-refractivity contribution is 7.80. The summed E-state index contributed by atoms with van der Waals surface area (Å²) < 4.78 is 5.32. The number of carboxylic acids is 1. The molecule has 0 bridgehead atoms. The van der Waals surface area contributed by atoms with Gasteiger partial charge < -0.3 is 31.3 Å². The number of carboxylic acid groups (broad SMARTS) is 1. The van der Waals surface area contributed by atoms with Crippen molar-refractivity contribution in [2.24, 2.45) is 5.73 Å². The second kappa shape index (κ2) is 11.6. The molecule has 0 spiro atoms. The van der Waals surface area contributed by atoms with Gasteiger partial charge in [0.1, 0.15) is 30.1 Å². The molecule has 172 valence electrons. The van der Waals surface area contributed by atoms with Crippen molar-refractivity contribution in [1.29, 1.82) is 0 Å². The highest BCUT2D eigenvalue weighted by Crippen LogP contribution is 2.34. The van der Waals surface area contributed by atoms with Gasteiger partial charge in [0.05, 0.1) is 0 Å². The van der Waals surface area contributed by atoms with Crippen LogP contribution in [0.1, 0.15) is 39.2 Å². The first kappa shape index (κ1) is 26.2. The molecule has 1 aromatic carbocycles. The minimum absolute atomic E-state index is 0.0368. The summed E-state index contributed by atoms with van der Waals surface area (Å²) in [5.41, 5.74) is 5.56. The van der Waals surface area contributed by atoms with Crippen LogP contribution in [0.2, 0.25) is 0 Å². The fraction of sp³-hybridized carbons (Fsp3) is 0.500. The highest BCUT2D eigenvalue weighted by atomic mass is 32.1. The molecular formula is C20H29N3O7S. The van der Waals surface area contributed by atoms with Crippen LogP contribution < -0.4 is 21.1 Å². The number of hydrogen-bond acceptors (Lipinski definition) is 8. The van der Waals surface area contributed by atoms with Gasteiger partial charge in [-0.25, -0.2) is 4.79 Å². The normalized spacial score (nSPS) is 13.1. The molecule has 10 nitrogen and oxygen atoms in total. The molecule has 0 radical (unpaired) electrons. The Morgan fingerprint density at radius 2 is 1.87 bits per heavy atom. The van der Waals surface area contributed by atoms with Gasteiger partial charge in [0.25, 0.3) is 0 Å². The molecular weight excluding hydrogens is 426 g/mol. The molecule has 0 aliphatic carbocycles. The number of esters is 1. The Labute approximate surface area is 185 Å². The largest absolute Gasteiger partial charge is 0.508 e. The molecule has 2 atom stereocenters. The van der Waals surface area contributed by atoms with Gasteiger partial charge in [0, 0.05) is 17.7 Å². The van der Waals surface area contributed by atoms with E-state index in [0.29, 0.717) is 5.56 Å². The SMILES string of the molecule is CC(C)(C)c1cc(O)ccc1OC(=O)CNC(=O)C(CS)NC(=O)CCC(N)C(=O)O. The number of phenolic OH excluding ortho intramolecular Hbond substituents is 1. The van der Waals surface area contributed by atoms with E-state index in [-0.39, 0.29) is 30.1 Å². The Hall–Kier alpha value is -2.79. The Balaban J connectivity index is 2.61. The minimum Gasteiger partial charge on any atom is -0.508 e. The van der Waals surface area contributed by atoms with Crippen LogP contribution in [0.3, 0.4) is 0 Å².